The van der Waals surface area contributed by atoms with Gasteiger partial charge in [-0.2, -0.15) is 0 Å². The van der Waals surface area contributed by atoms with E-state index in [1.165, 1.54) is 17.8 Å². The number of nitro benzene ring substituents is 1. The molecular weight excluding hydrogens is 288 g/mol. The van der Waals surface area contributed by atoms with E-state index < -0.39 is 4.92 Å². The van der Waals surface area contributed by atoms with Crippen LogP contribution in [-0.2, 0) is 0 Å². The molecule has 0 aliphatic heterocycles. The largest absolute Gasteiger partial charge is 0.321 e. The number of carbonyl (C=O) groups is 1. The number of anilines is 1. The minimum atomic E-state index is -0.484. The molecule has 5 nitrogen and oxygen atoms in total. The van der Waals surface area contributed by atoms with Gasteiger partial charge in [-0.15, -0.1) is 11.8 Å². The SMILES string of the molecule is CSc1ccccc1NC(=O)c1ccc(C)c([N+](=O)[O-])c1. The smallest absolute Gasteiger partial charge is 0.273 e. The van der Waals surface area contributed by atoms with Crippen molar-refractivity contribution < 1.29 is 9.72 Å². The molecule has 2 aromatic rings. The Morgan fingerprint density at radius 1 is 1.24 bits per heavy atom. The molecule has 1 N–H and O–H groups in total. The number of hydrogen-bond acceptors (Lipinski definition) is 4. The quantitative estimate of drug-likeness (QED) is 0.528. The summed E-state index contributed by atoms with van der Waals surface area (Å²) in [5.74, 6) is -0.361. The fourth-order valence-corrected chi connectivity index (χ4v) is 2.44. The number of nitro groups is 1. The Morgan fingerprint density at radius 2 is 1.95 bits per heavy atom. The van der Waals surface area contributed by atoms with Crippen LogP contribution in [0.3, 0.4) is 0 Å². The van der Waals surface area contributed by atoms with Crippen molar-refractivity contribution in [2.45, 2.75) is 11.8 Å². The Morgan fingerprint density at radius 3 is 2.62 bits per heavy atom. The summed E-state index contributed by atoms with van der Waals surface area (Å²) in [4.78, 5) is 23.6. The van der Waals surface area contributed by atoms with Crippen molar-refractivity contribution in [2.75, 3.05) is 11.6 Å². The molecule has 0 saturated heterocycles. The van der Waals surface area contributed by atoms with Crippen molar-refractivity contribution in [3.63, 3.8) is 0 Å². The van der Waals surface area contributed by atoms with E-state index in [2.05, 4.69) is 5.32 Å². The van der Waals surface area contributed by atoms with Crippen LogP contribution in [0.15, 0.2) is 47.4 Å². The van der Waals surface area contributed by atoms with Crippen molar-refractivity contribution in [3.05, 3.63) is 63.7 Å². The van der Waals surface area contributed by atoms with Crippen LogP contribution in [0, 0.1) is 17.0 Å². The third-order valence-corrected chi connectivity index (χ3v) is 3.82. The van der Waals surface area contributed by atoms with E-state index in [0.717, 1.165) is 4.90 Å². The summed E-state index contributed by atoms with van der Waals surface area (Å²) < 4.78 is 0. The number of rotatable bonds is 4. The summed E-state index contributed by atoms with van der Waals surface area (Å²) in [5.41, 5.74) is 1.43. The maximum absolute atomic E-state index is 12.2. The van der Waals surface area contributed by atoms with E-state index in [4.69, 9.17) is 0 Å². The Labute approximate surface area is 126 Å². The highest BCUT2D eigenvalue weighted by Gasteiger charge is 2.15. The van der Waals surface area contributed by atoms with E-state index in [1.54, 1.807) is 25.1 Å². The number of thioether (sulfide) groups is 1. The molecule has 0 fully saturated rings. The van der Waals surface area contributed by atoms with Crippen LogP contribution < -0.4 is 5.32 Å². The molecule has 0 heterocycles. The highest BCUT2D eigenvalue weighted by Crippen LogP contribution is 2.26. The lowest BCUT2D eigenvalue weighted by Gasteiger charge is -2.09. The first-order valence-corrected chi connectivity index (χ1v) is 7.45. The first-order chi connectivity index (χ1) is 10.0. The number of para-hydroxylation sites is 1. The van der Waals surface area contributed by atoms with E-state index in [1.807, 2.05) is 24.5 Å². The molecule has 108 valence electrons. The summed E-state index contributed by atoms with van der Waals surface area (Å²) in [6, 6.07) is 11.9. The van der Waals surface area contributed by atoms with Crippen LogP contribution >= 0.6 is 11.8 Å². The van der Waals surface area contributed by atoms with Gasteiger partial charge in [-0.1, -0.05) is 18.2 Å². The summed E-state index contributed by atoms with van der Waals surface area (Å²) in [7, 11) is 0. The van der Waals surface area contributed by atoms with Gasteiger partial charge in [0.2, 0.25) is 0 Å². The zero-order valence-electron chi connectivity index (χ0n) is 11.6. The molecule has 0 aromatic heterocycles. The van der Waals surface area contributed by atoms with E-state index in [9.17, 15) is 14.9 Å². The Hall–Kier alpha value is -2.34. The number of carbonyl (C=O) groups excluding carboxylic acids is 1. The predicted octanol–water partition coefficient (Wildman–Crippen LogP) is 3.88. The van der Waals surface area contributed by atoms with Crippen LogP contribution in [0.5, 0.6) is 0 Å². The second kappa shape index (κ2) is 6.41. The van der Waals surface area contributed by atoms with Gasteiger partial charge in [0, 0.05) is 22.1 Å². The zero-order chi connectivity index (χ0) is 15.4. The lowest BCUT2D eigenvalue weighted by Crippen LogP contribution is -2.13. The van der Waals surface area contributed by atoms with E-state index in [0.29, 0.717) is 11.3 Å². The first kappa shape index (κ1) is 15.1. The lowest BCUT2D eigenvalue weighted by atomic mass is 10.1. The molecule has 21 heavy (non-hydrogen) atoms. The van der Waals surface area contributed by atoms with Gasteiger partial charge in [-0.05, 0) is 31.4 Å². The van der Waals surface area contributed by atoms with E-state index >= 15 is 0 Å². The van der Waals surface area contributed by atoms with Crippen LogP contribution in [-0.4, -0.2) is 17.1 Å². The number of nitrogens with one attached hydrogen (secondary N) is 1. The van der Waals surface area contributed by atoms with Crippen LogP contribution in [0.4, 0.5) is 11.4 Å². The normalized spacial score (nSPS) is 10.2. The topological polar surface area (TPSA) is 72.2 Å². The standard InChI is InChI=1S/C15H14N2O3S/c1-10-7-8-11(9-13(10)17(19)20)15(18)16-12-5-3-4-6-14(12)21-2/h3-9H,1-2H3,(H,16,18). The van der Waals surface area contributed by atoms with Crippen LogP contribution in [0.1, 0.15) is 15.9 Å². The Bertz CT molecular complexity index is 701. The van der Waals surface area contributed by atoms with Crippen molar-refractivity contribution in [1.82, 2.24) is 0 Å². The molecule has 0 spiro atoms. The second-order valence-corrected chi connectivity index (χ2v) is 5.26. The van der Waals surface area contributed by atoms with Gasteiger partial charge in [0.15, 0.2) is 0 Å². The van der Waals surface area contributed by atoms with Gasteiger partial charge in [-0.3, -0.25) is 14.9 Å². The van der Waals surface area contributed by atoms with Gasteiger partial charge >= 0.3 is 0 Å². The molecule has 0 aliphatic carbocycles. The van der Waals surface area contributed by atoms with Gasteiger partial charge in [-0.25, -0.2) is 0 Å². The molecule has 0 atom stereocenters. The number of amides is 1. The highest BCUT2D eigenvalue weighted by atomic mass is 32.2. The number of hydrogen-bond donors (Lipinski definition) is 1. The molecule has 6 heteroatoms. The van der Waals surface area contributed by atoms with Crippen molar-refractivity contribution >= 4 is 29.0 Å². The van der Waals surface area contributed by atoms with Gasteiger partial charge in [0.25, 0.3) is 11.6 Å². The third-order valence-electron chi connectivity index (χ3n) is 3.02. The number of benzene rings is 2. The minimum Gasteiger partial charge on any atom is -0.321 e. The summed E-state index contributed by atoms with van der Waals surface area (Å²) in [6.45, 7) is 1.64. The average Bonchev–Trinajstić information content (AvgIpc) is 2.47. The monoisotopic (exact) mass is 302 g/mol. The molecule has 2 aromatic carbocycles. The van der Waals surface area contributed by atoms with Crippen molar-refractivity contribution in [2.24, 2.45) is 0 Å². The molecule has 0 bridgehead atoms. The van der Waals surface area contributed by atoms with Crippen molar-refractivity contribution in [1.29, 1.82) is 0 Å². The predicted molar refractivity (Wildman–Crippen MR) is 84.0 cm³/mol. The van der Waals surface area contributed by atoms with Crippen LogP contribution in [0.25, 0.3) is 0 Å². The van der Waals surface area contributed by atoms with Crippen molar-refractivity contribution in [3.8, 4) is 0 Å². The maximum atomic E-state index is 12.2. The number of nitrogens with zero attached hydrogens (tertiary/aromatic N) is 1. The Kier molecular flexibility index (Phi) is 4.59. The molecule has 1 amide bonds. The molecule has 0 saturated carbocycles. The molecule has 0 aliphatic rings. The third kappa shape index (κ3) is 3.41. The van der Waals surface area contributed by atoms with Gasteiger partial charge in [0.1, 0.15) is 0 Å². The zero-order valence-corrected chi connectivity index (χ0v) is 12.4. The average molecular weight is 302 g/mol. The first-order valence-electron chi connectivity index (χ1n) is 6.22. The number of aryl methyl sites for hydroxylation is 1. The highest BCUT2D eigenvalue weighted by molar-refractivity contribution is 7.98. The molecule has 2 rings (SSSR count). The fraction of sp³-hybridized carbons (Fsp3) is 0.133. The summed E-state index contributed by atoms with van der Waals surface area (Å²) in [5, 5.41) is 13.7. The second-order valence-electron chi connectivity index (χ2n) is 4.41. The summed E-state index contributed by atoms with van der Waals surface area (Å²) >= 11 is 1.52. The van der Waals surface area contributed by atoms with Gasteiger partial charge in [0.05, 0.1) is 10.6 Å². The summed E-state index contributed by atoms with van der Waals surface area (Å²) in [6.07, 6.45) is 1.92. The molecule has 0 unspecified atom stereocenters. The van der Waals surface area contributed by atoms with Gasteiger partial charge < -0.3 is 5.32 Å². The Balaban J connectivity index is 2.29. The van der Waals surface area contributed by atoms with Crippen LogP contribution in [0.2, 0.25) is 0 Å². The lowest BCUT2D eigenvalue weighted by molar-refractivity contribution is -0.385. The fourth-order valence-electron chi connectivity index (χ4n) is 1.89. The van der Waals surface area contributed by atoms with E-state index in [-0.39, 0.29) is 17.2 Å². The molecule has 0 radical (unpaired) electrons. The molecular formula is C15H14N2O3S. The minimum absolute atomic E-state index is 0.0548. The maximum Gasteiger partial charge on any atom is 0.273 e.